The van der Waals surface area contributed by atoms with Gasteiger partial charge in [-0.1, -0.05) is 12.1 Å². The Hall–Kier alpha value is -2.85. The molecular formula is C20H25N3O6S. The molecule has 9 nitrogen and oxygen atoms in total. The highest BCUT2D eigenvalue weighted by molar-refractivity contribution is 7.89. The van der Waals surface area contributed by atoms with Crippen LogP contribution >= 0.6 is 0 Å². The normalized spacial score (nSPS) is 14.5. The second kappa shape index (κ2) is 8.88. The average molecular weight is 436 g/mol. The lowest BCUT2D eigenvalue weighted by molar-refractivity contribution is -0.384. The Bertz CT molecular complexity index is 1030. The van der Waals surface area contributed by atoms with E-state index in [-0.39, 0.29) is 10.6 Å². The number of para-hydroxylation sites is 1. The van der Waals surface area contributed by atoms with Crippen LogP contribution in [0.2, 0.25) is 0 Å². The van der Waals surface area contributed by atoms with Crippen molar-refractivity contribution in [3.8, 4) is 11.5 Å². The molecule has 1 fully saturated rings. The lowest BCUT2D eigenvalue weighted by atomic mass is 10.1. The number of hydrogen-bond acceptors (Lipinski definition) is 7. The maximum Gasteiger partial charge on any atom is 0.293 e. The highest BCUT2D eigenvalue weighted by Gasteiger charge is 2.30. The zero-order valence-corrected chi connectivity index (χ0v) is 18.0. The Morgan fingerprint density at radius 1 is 1.13 bits per heavy atom. The lowest BCUT2D eigenvalue weighted by Gasteiger charge is -2.22. The Morgan fingerprint density at radius 2 is 1.83 bits per heavy atom. The number of sulfonamides is 1. The number of anilines is 1. The van der Waals surface area contributed by atoms with Crippen molar-refractivity contribution < 1.29 is 22.8 Å². The molecule has 1 saturated heterocycles. The lowest BCUT2D eigenvalue weighted by Crippen LogP contribution is -2.28. The van der Waals surface area contributed by atoms with Gasteiger partial charge in [-0.2, -0.15) is 4.31 Å². The number of ether oxygens (including phenoxy) is 2. The van der Waals surface area contributed by atoms with E-state index < -0.39 is 14.9 Å². The van der Waals surface area contributed by atoms with Crippen molar-refractivity contribution >= 4 is 21.4 Å². The Balaban J connectivity index is 1.95. The Morgan fingerprint density at radius 3 is 2.43 bits per heavy atom. The minimum Gasteiger partial charge on any atom is -0.493 e. The molecular weight excluding hydrogens is 410 g/mol. The van der Waals surface area contributed by atoms with E-state index in [1.54, 1.807) is 18.0 Å². The van der Waals surface area contributed by atoms with Crippen molar-refractivity contribution in [1.29, 1.82) is 0 Å². The Labute approximate surface area is 176 Å². The van der Waals surface area contributed by atoms with Crippen LogP contribution in [0.3, 0.4) is 0 Å². The average Bonchev–Trinajstić information content (AvgIpc) is 3.28. The second-order valence-corrected chi connectivity index (χ2v) is 8.97. The van der Waals surface area contributed by atoms with E-state index >= 15 is 0 Å². The van der Waals surface area contributed by atoms with Gasteiger partial charge in [0.25, 0.3) is 5.69 Å². The van der Waals surface area contributed by atoms with E-state index in [1.165, 1.54) is 30.7 Å². The molecule has 0 aliphatic carbocycles. The summed E-state index contributed by atoms with van der Waals surface area (Å²) in [5, 5.41) is 11.7. The van der Waals surface area contributed by atoms with E-state index in [2.05, 4.69) is 0 Å². The molecule has 2 aromatic carbocycles. The maximum atomic E-state index is 12.8. The van der Waals surface area contributed by atoms with Crippen LogP contribution in [-0.2, 0) is 16.6 Å². The minimum absolute atomic E-state index is 0.0628. The molecule has 0 radical (unpaired) electrons. The van der Waals surface area contributed by atoms with Crippen LogP contribution in [0.15, 0.2) is 41.3 Å². The van der Waals surface area contributed by atoms with Gasteiger partial charge in [0.1, 0.15) is 5.69 Å². The van der Waals surface area contributed by atoms with Gasteiger partial charge in [0.05, 0.1) is 24.0 Å². The van der Waals surface area contributed by atoms with E-state index in [0.717, 1.165) is 24.5 Å². The number of benzene rings is 2. The SMILES string of the molecule is COc1cccc(CN(C)c2ccc(S(=O)(=O)N3CCCC3)cc2[N+](=O)[O-])c1OC. The summed E-state index contributed by atoms with van der Waals surface area (Å²) in [7, 11) is 1.03. The van der Waals surface area contributed by atoms with E-state index in [4.69, 9.17) is 9.47 Å². The maximum absolute atomic E-state index is 12.8. The molecule has 0 atom stereocenters. The molecule has 10 heteroatoms. The zero-order chi connectivity index (χ0) is 21.9. The van der Waals surface area contributed by atoms with Crippen molar-refractivity contribution in [3.05, 3.63) is 52.1 Å². The van der Waals surface area contributed by atoms with Gasteiger partial charge >= 0.3 is 0 Å². The monoisotopic (exact) mass is 435 g/mol. The number of methoxy groups -OCH3 is 2. The first-order valence-corrected chi connectivity index (χ1v) is 10.9. The van der Waals surface area contributed by atoms with Gasteiger partial charge < -0.3 is 14.4 Å². The second-order valence-electron chi connectivity index (χ2n) is 7.03. The van der Waals surface area contributed by atoms with Gasteiger partial charge in [0.15, 0.2) is 11.5 Å². The summed E-state index contributed by atoms with van der Waals surface area (Å²) < 4.78 is 37.7. The number of rotatable bonds is 8. The van der Waals surface area contributed by atoms with Crippen LogP contribution < -0.4 is 14.4 Å². The van der Waals surface area contributed by atoms with Crippen LogP contribution in [0, 0.1) is 10.1 Å². The molecule has 2 aromatic rings. The van der Waals surface area contributed by atoms with E-state index in [1.807, 2.05) is 12.1 Å². The van der Waals surface area contributed by atoms with Crippen molar-refractivity contribution in [3.63, 3.8) is 0 Å². The fourth-order valence-corrected chi connectivity index (χ4v) is 5.17. The van der Waals surface area contributed by atoms with Crippen molar-refractivity contribution in [2.45, 2.75) is 24.3 Å². The molecule has 0 unspecified atom stereocenters. The summed E-state index contributed by atoms with van der Waals surface area (Å²) in [6.45, 7) is 1.18. The Kier molecular flexibility index (Phi) is 6.47. The number of hydrogen-bond donors (Lipinski definition) is 0. The number of nitro groups is 1. The molecule has 3 rings (SSSR count). The molecule has 0 bridgehead atoms. The molecule has 1 heterocycles. The molecule has 1 aliphatic rings. The molecule has 0 aromatic heterocycles. The predicted octanol–water partition coefficient (Wildman–Crippen LogP) is 3.03. The number of nitrogens with zero attached hydrogens (tertiary/aromatic N) is 3. The smallest absolute Gasteiger partial charge is 0.293 e. The molecule has 30 heavy (non-hydrogen) atoms. The van der Waals surface area contributed by atoms with Crippen molar-refractivity contribution in [2.24, 2.45) is 0 Å². The van der Waals surface area contributed by atoms with Crippen LogP contribution in [0.5, 0.6) is 11.5 Å². The van der Waals surface area contributed by atoms with E-state index in [0.29, 0.717) is 36.8 Å². The summed E-state index contributed by atoms with van der Waals surface area (Å²) in [6, 6.07) is 9.47. The van der Waals surface area contributed by atoms with Crippen LogP contribution in [-0.4, -0.2) is 52.0 Å². The first-order valence-electron chi connectivity index (χ1n) is 9.49. The first kappa shape index (κ1) is 21.8. The minimum atomic E-state index is -3.74. The molecule has 1 aliphatic heterocycles. The van der Waals surface area contributed by atoms with Gasteiger partial charge in [-0.15, -0.1) is 0 Å². The molecule has 0 spiro atoms. The van der Waals surface area contributed by atoms with Crippen LogP contribution in [0.4, 0.5) is 11.4 Å². The van der Waals surface area contributed by atoms with Crippen molar-refractivity contribution in [1.82, 2.24) is 4.31 Å². The third-order valence-corrected chi connectivity index (χ3v) is 7.04. The molecule has 0 amide bonds. The molecule has 0 N–H and O–H groups in total. The van der Waals surface area contributed by atoms with Crippen molar-refractivity contribution in [2.75, 3.05) is 39.3 Å². The quantitative estimate of drug-likeness (QED) is 0.464. The molecule has 162 valence electrons. The van der Waals surface area contributed by atoms with Crippen LogP contribution in [0.1, 0.15) is 18.4 Å². The van der Waals surface area contributed by atoms with E-state index in [9.17, 15) is 18.5 Å². The molecule has 0 saturated carbocycles. The van der Waals surface area contributed by atoms with Gasteiger partial charge in [-0.3, -0.25) is 10.1 Å². The fraction of sp³-hybridized carbons (Fsp3) is 0.400. The largest absolute Gasteiger partial charge is 0.493 e. The first-order chi connectivity index (χ1) is 14.3. The summed E-state index contributed by atoms with van der Waals surface area (Å²) in [5.41, 5.74) is 0.826. The predicted molar refractivity (Wildman–Crippen MR) is 113 cm³/mol. The van der Waals surface area contributed by atoms with Crippen LogP contribution in [0.25, 0.3) is 0 Å². The fourth-order valence-electron chi connectivity index (χ4n) is 3.63. The highest BCUT2D eigenvalue weighted by Crippen LogP contribution is 2.35. The summed E-state index contributed by atoms with van der Waals surface area (Å²) >= 11 is 0. The van der Waals surface area contributed by atoms with Gasteiger partial charge in [-0.25, -0.2) is 8.42 Å². The third kappa shape index (κ3) is 4.19. The summed E-state index contributed by atoms with van der Waals surface area (Å²) in [5.74, 6) is 1.10. The standard InChI is InChI=1S/C20H25N3O6S/c1-21(14-15-7-6-8-19(28-2)20(15)29-3)17-10-9-16(13-18(17)23(24)25)30(26,27)22-11-4-5-12-22/h6-10,13H,4-5,11-12,14H2,1-3H3. The summed E-state index contributed by atoms with van der Waals surface area (Å²) in [6.07, 6.45) is 1.59. The number of nitro benzene ring substituents is 1. The van der Waals surface area contributed by atoms with Gasteiger partial charge in [-0.05, 0) is 31.0 Å². The zero-order valence-electron chi connectivity index (χ0n) is 17.2. The third-order valence-electron chi connectivity index (χ3n) is 5.15. The topological polar surface area (TPSA) is 102 Å². The van der Waals surface area contributed by atoms with Gasteiger partial charge in [0, 0.05) is 38.3 Å². The van der Waals surface area contributed by atoms with Gasteiger partial charge in [0.2, 0.25) is 10.0 Å². The highest BCUT2D eigenvalue weighted by atomic mass is 32.2. The summed E-state index contributed by atoms with van der Waals surface area (Å²) in [4.78, 5) is 12.8.